The average molecular weight is 489 g/mol. The van der Waals surface area contributed by atoms with Crippen LogP contribution in [0.3, 0.4) is 0 Å². The van der Waals surface area contributed by atoms with E-state index in [0.29, 0.717) is 0 Å². The van der Waals surface area contributed by atoms with Crippen molar-refractivity contribution >= 4 is 23.8 Å². The van der Waals surface area contributed by atoms with Crippen LogP contribution in [0.1, 0.15) is 115 Å². The topological polar surface area (TPSA) is 24.7 Å². The molecule has 2 aromatic rings. The van der Waals surface area contributed by atoms with E-state index in [4.69, 9.17) is 9.98 Å². The summed E-state index contributed by atoms with van der Waals surface area (Å²) < 4.78 is 0. The van der Waals surface area contributed by atoms with Crippen molar-refractivity contribution in [1.82, 2.24) is 0 Å². The van der Waals surface area contributed by atoms with Crippen molar-refractivity contribution in [2.75, 3.05) is 0 Å². The van der Waals surface area contributed by atoms with Gasteiger partial charge in [-0.2, -0.15) is 0 Å². The Labute approximate surface area is 222 Å². The van der Waals surface area contributed by atoms with Crippen LogP contribution in [0.15, 0.2) is 34.3 Å². The third-order valence-corrected chi connectivity index (χ3v) is 6.96. The summed E-state index contributed by atoms with van der Waals surface area (Å²) in [6.07, 6.45) is 5.95. The molecule has 0 atom stereocenters. The zero-order valence-electron chi connectivity index (χ0n) is 25.8. The molecule has 0 heterocycles. The molecule has 2 nitrogen and oxygen atoms in total. The minimum Gasteiger partial charge on any atom is -0.255 e. The molecule has 36 heavy (non-hydrogen) atoms. The van der Waals surface area contributed by atoms with E-state index in [2.05, 4.69) is 121 Å². The lowest BCUT2D eigenvalue weighted by molar-refractivity contribution is 0.283. The van der Waals surface area contributed by atoms with Gasteiger partial charge in [0, 0.05) is 12.4 Å². The van der Waals surface area contributed by atoms with Gasteiger partial charge in [-0.05, 0) is 95.6 Å². The highest BCUT2D eigenvalue weighted by molar-refractivity contribution is 6.17. The van der Waals surface area contributed by atoms with Crippen LogP contribution in [0.2, 0.25) is 0 Å². The quantitative estimate of drug-likeness (QED) is 0.346. The highest BCUT2D eigenvalue weighted by atomic mass is 14.8. The molecule has 0 unspecified atom stereocenters. The minimum absolute atomic E-state index is 0.125. The third-order valence-electron chi connectivity index (χ3n) is 6.96. The van der Waals surface area contributed by atoms with E-state index < -0.39 is 0 Å². The van der Waals surface area contributed by atoms with E-state index in [9.17, 15) is 0 Å². The van der Waals surface area contributed by atoms with E-state index in [1.165, 1.54) is 33.4 Å². The third kappa shape index (κ3) is 8.15. The molecule has 2 heteroatoms. The van der Waals surface area contributed by atoms with Crippen molar-refractivity contribution in [3.05, 3.63) is 57.6 Å². The van der Waals surface area contributed by atoms with Gasteiger partial charge in [0.05, 0.1) is 11.4 Å². The normalized spacial score (nSPS) is 13.8. The van der Waals surface area contributed by atoms with Crippen molar-refractivity contribution in [1.29, 1.82) is 0 Å². The predicted octanol–water partition coefficient (Wildman–Crippen LogP) is 10.5. The van der Waals surface area contributed by atoms with Crippen molar-refractivity contribution in [2.45, 2.75) is 121 Å². The van der Waals surface area contributed by atoms with Gasteiger partial charge in [-0.15, -0.1) is 0 Å². The lowest BCUT2D eigenvalue weighted by Gasteiger charge is -2.33. The zero-order chi connectivity index (χ0) is 27.7. The monoisotopic (exact) mass is 488 g/mol. The maximum Gasteiger partial charge on any atom is 0.0688 e. The molecule has 0 amide bonds. The molecule has 0 aliphatic carbocycles. The fourth-order valence-electron chi connectivity index (χ4n) is 6.17. The summed E-state index contributed by atoms with van der Waals surface area (Å²) in [4.78, 5) is 9.60. The van der Waals surface area contributed by atoms with Crippen LogP contribution >= 0.6 is 0 Å². The van der Waals surface area contributed by atoms with E-state index in [1.54, 1.807) is 0 Å². The van der Waals surface area contributed by atoms with Crippen LogP contribution in [0.4, 0.5) is 11.4 Å². The minimum atomic E-state index is 0.125. The Bertz CT molecular complexity index is 991. The van der Waals surface area contributed by atoms with E-state index in [1.807, 2.05) is 12.4 Å². The van der Waals surface area contributed by atoms with Gasteiger partial charge in [-0.25, -0.2) is 0 Å². The lowest BCUT2D eigenvalue weighted by Crippen LogP contribution is -2.25. The lowest BCUT2D eigenvalue weighted by atomic mass is 9.71. The smallest absolute Gasteiger partial charge is 0.0688 e. The van der Waals surface area contributed by atoms with Crippen molar-refractivity contribution in [3.8, 4) is 0 Å². The van der Waals surface area contributed by atoms with Crippen molar-refractivity contribution in [3.63, 3.8) is 0 Å². The number of nitrogens with zero attached hydrogens (tertiary/aromatic N) is 2. The number of benzene rings is 2. The van der Waals surface area contributed by atoms with Crippen LogP contribution < -0.4 is 0 Å². The summed E-state index contributed by atoms with van der Waals surface area (Å²) in [5.41, 5.74) is 10.6. The summed E-state index contributed by atoms with van der Waals surface area (Å²) in [6.45, 7) is 32.0. The van der Waals surface area contributed by atoms with Crippen LogP contribution in [-0.2, 0) is 10.8 Å². The Morgan fingerprint density at radius 1 is 0.500 bits per heavy atom. The molecule has 0 aromatic heterocycles. The fourth-order valence-corrected chi connectivity index (χ4v) is 6.17. The molecule has 0 saturated carbocycles. The van der Waals surface area contributed by atoms with Crippen molar-refractivity contribution < 1.29 is 0 Å². The van der Waals surface area contributed by atoms with E-state index in [0.717, 1.165) is 24.2 Å². The summed E-state index contributed by atoms with van der Waals surface area (Å²) in [5.74, 6) is 0. The van der Waals surface area contributed by atoms with Gasteiger partial charge in [0.25, 0.3) is 0 Å². The second kappa shape index (κ2) is 10.6. The number of aliphatic imine (C=N–C) groups is 2. The average Bonchev–Trinajstić information content (AvgIpc) is 2.64. The van der Waals surface area contributed by atoms with Crippen LogP contribution in [0.25, 0.3) is 0 Å². The first-order chi connectivity index (χ1) is 16.2. The number of hydrogen-bond acceptors (Lipinski definition) is 2. The molecule has 0 spiro atoms. The molecular formula is C34H52N2. The first kappa shape index (κ1) is 30.0. The summed E-state index contributed by atoms with van der Waals surface area (Å²) in [5, 5.41) is 0. The molecule has 0 bridgehead atoms. The van der Waals surface area contributed by atoms with Gasteiger partial charge in [0.15, 0.2) is 0 Å². The molecule has 2 aromatic carbocycles. The van der Waals surface area contributed by atoms with E-state index in [-0.39, 0.29) is 21.7 Å². The van der Waals surface area contributed by atoms with Gasteiger partial charge in [0.1, 0.15) is 0 Å². The number of aryl methyl sites for hydroxylation is 4. The zero-order valence-corrected chi connectivity index (χ0v) is 25.8. The fraction of sp³-hybridized carbons (Fsp3) is 0.588. The summed E-state index contributed by atoms with van der Waals surface area (Å²) >= 11 is 0. The maximum atomic E-state index is 4.80. The van der Waals surface area contributed by atoms with Crippen LogP contribution in [0.5, 0.6) is 0 Å². The standard InChI is InChI=1S/C34H52N2/c1-23-17-27(33(11,12)21-31(5,6)7)18-24(2)29(23)35-15-16-36-30-25(3)19-28(20-26(30)4)34(13,14)22-32(8,9)10/h15-20H,21-22H2,1-14H3/b35-15+,36-16+. The maximum absolute atomic E-state index is 4.80. The first-order valence-corrected chi connectivity index (χ1v) is 13.5. The van der Waals surface area contributed by atoms with Gasteiger partial charge in [-0.1, -0.05) is 93.5 Å². The molecule has 198 valence electrons. The Morgan fingerprint density at radius 2 is 0.750 bits per heavy atom. The first-order valence-electron chi connectivity index (χ1n) is 13.5. The summed E-state index contributed by atoms with van der Waals surface area (Å²) in [7, 11) is 0. The van der Waals surface area contributed by atoms with Gasteiger partial charge in [0.2, 0.25) is 0 Å². The van der Waals surface area contributed by atoms with Gasteiger partial charge in [-0.3, -0.25) is 9.98 Å². The molecule has 2 rings (SSSR count). The molecule has 0 N–H and O–H groups in total. The summed E-state index contributed by atoms with van der Waals surface area (Å²) in [6, 6.07) is 9.26. The highest BCUT2D eigenvalue weighted by Crippen LogP contribution is 2.40. The predicted molar refractivity (Wildman–Crippen MR) is 162 cm³/mol. The van der Waals surface area contributed by atoms with E-state index >= 15 is 0 Å². The van der Waals surface area contributed by atoms with Crippen LogP contribution in [-0.4, -0.2) is 12.4 Å². The van der Waals surface area contributed by atoms with Gasteiger partial charge >= 0.3 is 0 Å². The Balaban J connectivity index is 2.27. The molecule has 0 aliphatic rings. The molecule has 0 saturated heterocycles. The molecule has 0 aliphatic heterocycles. The Kier molecular flexibility index (Phi) is 8.87. The Hall–Kier alpha value is -2.22. The molecule has 0 radical (unpaired) electrons. The Morgan fingerprint density at radius 3 is 0.972 bits per heavy atom. The van der Waals surface area contributed by atoms with Gasteiger partial charge < -0.3 is 0 Å². The highest BCUT2D eigenvalue weighted by Gasteiger charge is 2.29. The molecule has 0 fully saturated rings. The van der Waals surface area contributed by atoms with Crippen LogP contribution in [0, 0.1) is 38.5 Å². The second-order valence-corrected chi connectivity index (χ2v) is 14.7. The number of rotatable bonds is 7. The SMILES string of the molecule is Cc1cc(C(C)(C)CC(C)(C)C)cc(C)c1/N=C/C=N/c1c(C)cc(C(C)(C)CC(C)(C)C)cc1C. The largest absolute Gasteiger partial charge is 0.255 e. The second-order valence-electron chi connectivity index (χ2n) is 14.7. The molecular weight excluding hydrogens is 436 g/mol. The van der Waals surface area contributed by atoms with Crippen molar-refractivity contribution in [2.24, 2.45) is 20.8 Å². The number of hydrogen-bond donors (Lipinski definition) is 0.